The van der Waals surface area contributed by atoms with E-state index in [9.17, 15) is 15.3 Å². The van der Waals surface area contributed by atoms with E-state index in [1.165, 1.54) is 0 Å². The Morgan fingerprint density at radius 1 is 1.04 bits per heavy atom. The Bertz CT molecular complexity index is 743. The zero-order valence-corrected chi connectivity index (χ0v) is 15.8. The van der Waals surface area contributed by atoms with E-state index in [-0.39, 0.29) is 18.6 Å². The van der Waals surface area contributed by atoms with Crippen molar-refractivity contribution < 1.29 is 24.8 Å². The maximum atomic E-state index is 10.1. The van der Waals surface area contributed by atoms with Crippen molar-refractivity contribution in [3.05, 3.63) is 59.2 Å². The topological polar surface area (TPSA) is 79.2 Å². The lowest BCUT2D eigenvalue weighted by Gasteiger charge is -2.36. The molecular weight excluding hydrogens is 344 g/mol. The van der Waals surface area contributed by atoms with Crippen molar-refractivity contribution in [2.75, 3.05) is 13.7 Å². The number of aryl methyl sites for hydroxylation is 1. The predicted octanol–water partition coefficient (Wildman–Crippen LogP) is 2.47. The molecule has 0 bridgehead atoms. The minimum Gasteiger partial charge on any atom is -0.497 e. The highest BCUT2D eigenvalue weighted by atomic mass is 16.5. The van der Waals surface area contributed by atoms with E-state index in [1.54, 1.807) is 7.11 Å². The van der Waals surface area contributed by atoms with E-state index in [2.05, 4.69) is 0 Å². The second kappa shape index (κ2) is 8.74. The maximum absolute atomic E-state index is 10.1. The van der Waals surface area contributed by atoms with Crippen molar-refractivity contribution in [2.24, 2.45) is 5.92 Å². The first kappa shape index (κ1) is 19.7. The number of rotatable bonds is 6. The number of hydrogen-bond donors (Lipinski definition) is 3. The number of aliphatic hydroxyl groups is 3. The molecule has 0 spiro atoms. The van der Waals surface area contributed by atoms with Gasteiger partial charge in [0.2, 0.25) is 0 Å². The van der Waals surface area contributed by atoms with Crippen LogP contribution in [0.3, 0.4) is 0 Å². The van der Waals surface area contributed by atoms with E-state index in [1.807, 2.05) is 49.4 Å². The summed E-state index contributed by atoms with van der Waals surface area (Å²) in [6, 6.07) is 14.0. The van der Waals surface area contributed by atoms with E-state index in [0.717, 1.165) is 34.6 Å². The molecule has 0 aliphatic heterocycles. The highest BCUT2D eigenvalue weighted by molar-refractivity contribution is 5.44. The van der Waals surface area contributed by atoms with Crippen molar-refractivity contribution in [1.29, 1.82) is 0 Å². The first-order valence-corrected chi connectivity index (χ1v) is 9.37. The molecule has 2 aromatic carbocycles. The van der Waals surface area contributed by atoms with Crippen molar-refractivity contribution in [3.8, 4) is 11.5 Å². The van der Waals surface area contributed by atoms with Crippen LogP contribution in [0.15, 0.2) is 42.5 Å². The van der Waals surface area contributed by atoms with Gasteiger partial charge in [-0.3, -0.25) is 0 Å². The summed E-state index contributed by atoms with van der Waals surface area (Å²) in [6.07, 6.45) is -0.418. The number of ether oxygens (including phenoxy) is 2. The molecule has 146 valence electrons. The van der Waals surface area contributed by atoms with E-state index in [4.69, 9.17) is 9.47 Å². The van der Waals surface area contributed by atoms with Gasteiger partial charge < -0.3 is 24.8 Å². The van der Waals surface area contributed by atoms with Crippen molar-refractivity contribution in [2.45, 2.75) is 44.5 Å². The van der Waals surface area contributed by atoms with Gasteiger partial charge in [-0.15, -0.1) is 0 Å². The highest BCUT2D eigenvalue weighted by Gasteiger charge is 2.36. The van der Waals surface area contributed by atoms with Gasteiger partial charge in [-0.2, -0.15) is 0 Å². The van der Waals surface area contributed by atoms with Crippen LogP contribution in [0, 0.1) is 12.8 Å². The third-order valence-electron chi connectivity index (χ3n) is 5.31. The van der Waals surface area contributed by atoms with Crippen molar-refractivity contribution in [3.63, 3.8) is 0 Å². The lowest BCUT2D eigenvalue weighted by molar-refractivity contribution is -0.0893. The van der Waals surface area contributed by atoms with Gasteiger partial charge in [0.25, 0.3) is 0 Å². The summed E-state index contributed by atoms with van der Waals surface area (Å²) < 4.78 is 11.5. The average molecular weight is 372 g/mol. The molecule has 4 atom stereocenters. The molecule has 3 N–H and O–H groups in total. The van der Waals surface area contributed by atoms with Gasteiger partial charge >= 0.3 is 0 Å². The molecule has 1 fully saturated rings. The first-order chi connectivity index (χ1) is 13.0. The molecule has 1 aliphatic carbocycles. The summed E-state index contributed by atoms with van der Waals surface area (Å²) in [6.45, 7) is 1.84. The van der Waals surface area contributed by atoms with Gasteiger partial charge in [-0.05, 0) is 42.2 Å². The summed E-state index contributed by atoms with van der Waals surface area (Å²) in [5.74, 6) is 1.27. The van der Waals surface area contributed by atoms with Gasteiger partial charge in [0.1, 0.15) is 17.6 Å². The molecule has 27 heavy (non-hydrogen) atoms. The zero-order valence-electron chi connectivity index (χ0n) is 15.8. The SMILES string of the molecule is COc1ccc(Cc2cccc(C)c2O[C@@H]2C[C@H](CO)[C@@H](O)[C@H](O)C2)cc1. The Balaban J connectivity index is 1.79. The van der Waals surface area contributed by atoms with Crippen LogP contribution in [0.4, 0.5) is 0 Å². The van der Waals surface area contributed by atoms with Gasteiger partial charge in [0, 0.05) is 25.4 Å². The molecule has 0 saturated heterocycles. The number of benzene rings is 2. The predicted molar refractivity (Wildman–Crippen MR) is 103 cm³/mol. The fourth-order valence-corrected chi connectivity index (χ4v) is 3.73. The van der Waals surface area contributed by atoms with Crippen molar-refractivity contribution >= 4 is 0 Å². The molecule has 0 amide bonds. The average Bonchev–Trinajstić information content (AvgIpc) is 2.67. The minimum absolute atomic E-state index is 0.162. The van der Waals surface area contributed by atoms with Crippen LogP contribution in [0.25, 0.3) is 0 Å². The molecule has 2 aromatic rings. The molecule has 0 aromatic heterocycles. The standard InChI is InChI=1S/C22H28O5/c1-14-4-3-5-16(10-15-6-8-18(26-2)9-7-15)22(14)27-19-11-17(13-23)21(25)20(24)12-19/h3-9,17,19-21,23-25H,10-13H2,1-2H3/t17-,19-,20-,21-/m1/s1. The monoisotopic (exact) mass is 372 g/mol. The summed E-state index contributed by atoms with van der Waals surface area (Å²) in [5, 5.41) is 29.6. The second-order valence-corrected chi connectivity index (χ2v) is 7.30. The molecule has 5 nitrogen and oxygen atoms in total. The van der Waals surface area contributed by atoms with Crippen LogP contribution >= 0.6 is 0 Å². The lowest BCUT2D eigenvalue weighted by atomic mass is 9.83. The van der Waals surface area contributed by atoms with Crippen molar-refractivity contribution in [1.82, 2.24) is 0 Å². The Hall–Kier alpha value is -2.08. The second-order valence-electron chi connectivity index (χ2n) is 7.30. The molecular formula is C22H28O5. The van der Waals surface area contributed by atoms with E-state index in [0.29, 0.717) is 12.8 Å². The number of hydrogen-bond acceptors (Lipinski definition) is 5. The normalized spacial score (nSPS) is 25.2. The van der Waals surface area contributed by atoms with Crippen LogP contribution in [0.5, 0.6) is 11.5 Å². The van der Waals surface area contributed by atoms with E-state index >= 15 is 0 Å². The van der Waals surface area contributed by atoms with Crippen LogP contribution in [0.1, 0.15) is 29.5 Å². The summed E-state index contributed by atoms with van der Waals surface area (Å²) in [5.41, 5.74) is 3.25. The first-order valence-electron chi connectivity index (χ1n) is 9.37. The molecule has 5 heteroatoms. The molecule has 0 unspecified atom stereocenters. The van der Waals surface area contributed by atoms with Gasteiger partial charge in [0.15, 0.2) is 0 Å². The molecule has 3 rings (SSSR count). The summed E-state index contributed by atoms with van der Waals surface area (Å²) in [4.78, 5) is 0. The smallest absolute Gasteiger partial charge is 0.126 e. The molecule has 0 radical (unpaired) electrons. The number of aliphatic hydroxyl groups excluding tert-OH is 3. The fourth-order valence-electron chi connectivity index (χ4n) is 3.73. The third kappa shape index (κ3) is 4.61. The molecule has 0 heterocycles. The number of para-hydroxylation sites is 1. The van der Waals surface area contributed by atoms with Gasteiger partial charge in [0.05, 0.1) is 19.3 Å². The fraction of sp³-hybridized carbons (Fsp3) is 0.455. The minimum atomic E-state index is -0.898. The Kier molecular flexibility index (Phi) is 6.37. The van der Waals surface area contributed by atoms with E-state index < -0.39 is 12.2 Å². The molecule has 1 aliphatic rings. The van der Waals surface area contributed by atoms with Gasteiger partial charge in [-0.25, -0.2) is 0 Å². The van der Waals surface area contributed by atoms with Crippen LogP contribution in [0.2, 0.25) is 0 Å². The number of methoxy groups -OCH3 is 1. The maximum Gasteiger partial charge on any atom is 0.126 e. The van der Waals surface area contributed by atoms with Crippen LogP contribution in [-0.2, 0) is 6.42 Å². The third-order valence-corrected chi connectivity index (χ3v) is 5.31. The van der Waals surface area contributed by atoms with Crippen LogP contribution < -0.4 is 9.47 Å². The zero-order chi connectivity index (χ0) is 19.4. The highest BCUT2D eigenvalue weighted by Crippen LogP contribution is 2.33. The quantitative estimate of drug-likeness (QED) is 0.726. The Labute approximate surface area is 160 Å². The van der Waals surface area contributed by atoms with Gasteiger partial charge in [-0.1, -0.05) is 30.3 Å². The Morgan fingerprint density at radius 3 is 2.44 bits per heavy atom. The Morgan fingerprint density at radius 2 is 1.78 bits per heavy atom. The largest absolute Gasteiger partial charge is 0.497 e. The summed E-state index contributed by atoms with van der Waals surface area (Å²) >= 11 is 0. The van der Waals surface area contributed by atoms with Crippen LogP contribution in [-0.4, -0.2) is 47.3 Å². The summed E-state index contributed by atoms with van der Waals surface area (Å²) in [7, 11) is 1.65. The molecule has 1 saturated carbocycles. The lowest BCUT2D eigenvalue weighted by Crippen LogP contribution is -2.46.